The molecular formula is C12H18O4. The van der Waals surface area contributed by atoms with Crippen molar-refractivity contribution >= 4 is 0 Å². The van der Waals surface area contributed by atoms with Gasteiger partial charge in [0.1, 0.15) is 0 Å². The number of rotatable bonds is 5. The SMILES string of the molecule is COc1cc(C[C@H](C)OC)cc(OC)c1O. The predicted molar refractivity (Wildman–Crippen MR) is 61.4 cm³/mol. The molecule has 0 amide bonds. The van der Waals surface area contributed by atoms with Crippen LogP contribution in [0.15, 0.2) is 12.1 Å². The first-order chi connectivity index (χ1) is 7.62. The maximum atomic E-state index is 9.72. The Morgan fingerprint density at radius 2 is 1.62 bits per heavy atom. The molecule has 1 aromatic carbocycles. The lowest BCUT2D eigenvalue weighted by atomic mass is 10.1. The fourth-order valence-electron chi connectivity index (χ4n) is 1.48. The Balaban J connectivity index is 3.02. The second-order valence-corrected chi connectivity index (χ2v) is 3.60. The summed E-state index contributed by atoms with van der Waals surface area (Å²) in [5.41, 5.74) is 1.00. The molecular weight excluding hydrogens is 208 g/mol. The van der Waals surface area contributed by atoms with E-state index in [2.05, 4.69) is 0 Å². The smallest absolute Gasteiger partial charge is 0.200 e. The zero-order chi connectivity index (χ0) is 12.1. The molecule has 0 bridgehead atoms. The van der Waals surface area contributed by atoms with Gasteiger partial charge < -0.3 is 19.3 Å². The van der Waals surface area contributed by atoms with E-state index in [1.54, 1.807) is 19.2 Å². The molecule has 0 aliphatic carbocycles. The van der Waals surface area contributed by atoms with Gasteiger partial charge in [0.15, 0.2) is 11.5 Å². The first-order valence-corrected chi connectivity index (χ1v) is 5.09. The maximum Gasteiger partial charge on any atom is 0.200 e. The van der Waals surface area contributed by atoms with E-state index >= 15 is 0 Å². The quantitative estimate of drug-likeness (QED) is 0.834. The third-order valence-electron chi connectivity index (χ3n) is 2.47. The molecule has 0 saturated carbocycles. The van der Waals surface area contributed by atoms with Crippen LogP contribution in [0.5, 0.6) is 17.2 Å². The van der Waals surface area contributed by atoms with Gasteiger partial charge in [-0.2, -0.15) is 0 Å². The average molecular weight is 226 g/mol. The van der Waals surface area contributed by atoms with Gasteiger partial charge in [0, 0.05) is 7.11 Å². The minimum atomic E-state index is 0.0267. The van der Waals surface area contributed by atoms with Crippen LogP contribution >= 0.6 is 0 Å². The highest BCUT2D eigenvalue weighted by Crippen LogP contribution is 2.37. The number of benzene rings is 1. The van der Waals surface area contributed by atoms with E-state index in [4.69, 9.17) is 14.2 Å². The van der Waals surface area contributed by atoms with Crippen LogP contribution in [-0.4, -0.2) is 32.5 Å². The van der Waals surface area contributed by atoms with Crippen LogP contribution in [0.25, 0.3) is 0 Å². The number of ether oxygens (including phenoxy) is 3. The highest BCUT2D eigenvalue weighted by atomic mass is 16.5. The predicted octanol–water partition coefficient (Wildman–Crippen LogP) is 1.99. The van der Waals surface area contributed by atoms with Crippen molar-refractivity contribution in [1.29, 1.82) is 0 Å². The first-order valence-electron chi connectivity index (χ1n) is 5.09. The summed E-state index contributed by atoms with van der Waals surface area (Å²) in [5, 5.41) is 9.72. The van der Waals surface area contributed by atoms with E-state index in [1.165, 1.54) is 14.2 Å². The normalized spacial score (nSPS) is 12.2. The van der Waals surface area contributed by atoms with Crippen molar-refractivity contribution in [2.45, 2.75) is 19.4 Å². The Bertz CT molecular complexity index is 324. The van der Waals surface area contributed by atoms with Crippen LogP contribution in [0.1, 0.15) is 12.5 Å². The van der Waals surface area contributed by atoms with E-state index in [-0.39, 0.29) is 11.9 Å². The Labute approximate surface area is 95.8 Å². The molecule has 0 aliphatic rings. The second-order valence-electron chi connectivity index (χ2n) is 3.60. The summed E-state index contributed by atoms with van der Waals surface area (Å²) >= 11 is 0. The molecule has 0 radical (unpaired) electrons. The molecule has 0 aromatic heterocycles. The van der Waals surface area contributed by atoms with Crippen molar-refractivity contribution in [2.75, 3.05) is 21.3 Å². The van der Waals surface area contributed by atoms with Gasteiger partial charge in [-0.05, 0) is 31.0 Å². The van der Waals surface area contributed by atoms with E-state index in [0.29, 0.717) is 11.5 Å². The highest BCUT2D eigenvalue weighted by Gasteiger charge is 2.12. The molecule has 0 unspecified atom stereocenters. The van der Waals surface area contributed by atoms with Crippen LogP contribution in [-0.2, 0) is 11.2 Å². The van der Waals surface area contributed by atoms with E-state index in [1.807, 2.05) is 6.92 Å². The summed E-state index contributed by atoms with van der Waals surface area (Å²) in [6.45, 7) is 1.98. The Kier molecular flexibility index (Phi) is 4.43. The minimum absolute atomic E-state index is 0.0267. The zero-order valence-electron chi connectivity index (χ0n) is 10.1. The summed E-state index contributed by atoms with van der Waals surface area (Å²) in [6.07, 6.45) is 0.850. The second kappa shape index (κ2) is 5.61. The lowest BCUT2D eigenvalue weighted by Crippen LogP contribution is -2.08. The van der Waals surface area contributed by atoms with Gasteiger partial charge >= 0.3 is 0 Å². The number of hydrogen-bond acceptors (Lipinski definition) is 4. The van der Waals surface area contributed by atoms with Crippen LogP contribution in [0.3, 0.4) is 0 Å². The summed E-state index contributed by atoms with van der Waals surface area (Å²) in [7, 11) is 4.69. The van der Waals surface area contributed by atoms with Crippen LogP contribution in [0, 0.1) is 0 Å². The van der Waals surface area contributed by atoms with Crippen LogP contribution < -0.4 is 9.47 Å². The molecule has 1 aromatic rings. The van der Waals surface area contributed by atoms with Crippen molar-refractivity contribution in [3.8, 4) is 17.2 Å². The monoisotopic (exact) mass is 226 g/mol. The molecule has 16 heavy (non-hydrogen) atoms. The number of hydrogen-bond donors (Lipinski definition) is 1. The maximum absolute atomic E-state index is 9.72. The molecule has 4 nitrogen and oxygen atoms in total. The topological polar surface area (TPSA) is 47.9 Å². The fourth-order valence-corrected chi connectivity index (χ4v) is 1.48. The summed E-state index contributed by atoms with van der Waals surface area (Å²) < 4.78 is 15.3. The summed E-state index contributed by atoms with van der Waals surface area (Å²) in [4.78, 5) is 0. The standard InChI is InChI=1S/C12H18O4/c1-8(14-2)5-9-6-10(15-3)12(13)11(7-9)16-4/h6-8,13H,5H2,1-4H3/t8-/m0/s1. The molecule has 0 spiro atoms. The number of methoxy groups -OCH3 is 3. The molecule has 1 N–H and O–H groups in total. The van der Waals surface area contributed by atoms with Gasteiger partial charge in [0.05, 0.1) is 20.3 Å². The van der Waals surface area contributed by atoms with Crippen molar-refractivity contribution in [2.24, 2.45) is 0 Å². The van der Waals surface area contributed by atoms with E-state index in [0.717, 1.165) is 12.0 Å². The van der Waals surface area contributed by atoms with Crippen molar-refractivity contribution in [1.82, 2.24) is 0 Å². The largest absolute Gasteiger partial charge is 0.502 e. The molecule has 0 aliphatic heterocycles. The summed E-state index contributed by atoms with van der Waals surface area (Å²) in [6, 6.07) is 3.57. The van der Waals surface area contributed by atoms with Gasteiger partial charge in [-0.1, -0.05) is 0 Å². The fraction of sp³-hybridized carbons (Fsp3) is 0.500. The molecule has 0 saturated heterocycles. The molecule has 1 atom stereocenters. The minimum Gasteiger partial charge on any atom is -0.502 e. The Morgan fingerprint density at radius 1 is 1.12 bits per heavy atom. The Hall–Kier alpha value is -1.42. The molecule has 0 fully saturated rings. The van der Waals surface area contributed by atoms with Gasteiger partial charge in [-0.25, -0.2) is 0 Å². The first kappa shape index (κ1) is 12.6. The third kappa shape index (κ3) is 2.79. The van der Waals surface area contributed by atoms with Crippen molar-refractivity contribution < 1.29 is 19.3 Å². The zero-order valence-corrected chi connectivity index (χ0v) is 10.1. The molecule has 0 heterocycles. The van der Waals surface area contributed by atoms with Gasteiger partial charge in [-0.15, -0.1) is 0 Å². The van der Waals surface area contributed by atoms with Crippen molar-refractivity contribution in [3.05, 3.63) is 17.7 Å². The van der Waals surface area contributed by atoms with Gasteiger partial charge in [-0.3, -0.25) is 0 Å². The van der Waals surface area contributed by atoms with Gasteiger partial charge in [0.25, 0.3) is 0 Å². The summed E-state index contributed by atoms with van der Waals surface area (Å²) in [5.74, 6) is 0.856. The molecule has 4 heteroatoms. The molecule has 1 rings (SSSR count). The van der Waals surface area contributed by atoms with Gasteiger partial charge in [0.2, 0.25) is 5.75 Å². The van der Waals surface area contributed by atoms with E-state index in [9.17, 15) is 5.11 Å². The number of aromatic hydroxyl groups is 1. The van der Waals surface area contributed by atoms with Crippen molar-refractivity contribution in [3.63, 3.8) is 0 Å². The van der Waals surface area contributed by atoms with Crippen LogP contribution in [0.4, 0.5) is 0 Å². The third-order valence-corrected chi connectivity index (χ3v) is 2.47. The lowest BCUT2D eigenvalue weighted by Gasteiger charge is -2.13. The van der Waals surface area contributed by atoms with E-state index < -0.39 is 0 Å². The number of phenolic OH excluding ortho intramolecular Hbond substituents is 1. The average Bonchev–Trinajstić information content (AvgIpc) is 2.30. The highest BCUT2D eigenvalue weighted by molar-refractivity contribution is 5.52. The Morgan fingerprint density at radius 3 is 2.00 bits per heavy atom. The number of phenols is 1. The van der Waals surface area contributed by atoms with Crippen LogP contribution in [0.2, 0.25) is 0 Å². The lowest BCUT2D eigenvalue weighted by molar-refractivity contribution is 0.118. The molecule has 90 valence electrons.